The Morgan fingerprint density at radius 1 is 1.16 bits per heavy atom. The molecule has 0 saturated heterocycles. The average molecular weight is 287 g/mol. The molecule has 5 heteroatoms. The predicted octanol–water partition coefficient (Wildman–Crippen LogP) is 4.19. The summed E-state index contributed by atoms with van der Waals surface area (Å²) in [4.78, 5) is 8.73. The summed E-state index contributed by atoms with van der Waals surface area (Å²) >= 11 is 3.34. The van der Waals surface area contributed by atoms with Crippen LogP contribution in [0.1, 0.15) is 10.7 Å². The van der Waals surface area contributed by atoms with Crippen LogP contribution in [0, 0.1) is 6.92 Å². The second-order valence-corrected chi connectivity index (χ2v) is 5.99. The van der Waals surface area contributed by atoms with Gasteiger partial charge in [-0.3, -0.25) is 0 Å². The standard InChI is InChI=1S/C14H13N3S2/c1-10-9-19-13(17-10)8-16-12-4-2-11(3-5-12)14-15-6-7-18-14/h2-7,9,16H,8H2,1H3. The Labute approximate surface area is 120 Å². The highest BCUT2D eigenvalue weighted by atomic mass is 32.1. The summed E-state index contributed by atoms with van der Waals surface area (Å²) in [5.41, 5.74) is 3.35. The van der Waals surface area contributed by atoms with Crippen molar-refractivity contribution in [2.75, 3.05) is 5.32 Å². The lowest BCUT2D eigenvalue weighted by atomic mass is 10.2. The molecule has 0 aliphatic carbocycles. The van der Waals surface area contributed by atoms with E-state index in [1.807, 2.05) is 18.5 Å². The van der Waals surface area contributed by atoms with E-state index in [0.717, 1.165) is 33.5 Å². The Morgan fingerprint density at radius 2 is 2.00 bits per heavy atom. The van der Waals surface area contributed by atoms with Crippen molar-refractivity contribution >= 4 is 28.4 Å². The van der Waals surface area contributed by atoms with Gasteiger partial charge in [0.1, 0.15) is 10.0 Å². The molecule has 96 valence electrons. The minimum Gasteiger partial charge on any atom is -0.379 e. The zero-order valence-corrected chi connectivity index (χ0v) is 12.1. The highest BCUT2D eigenvalue weighted by molar-refractivity contribution is 7.13. The molecule has 0 fully saturated rings. The van der Waals surface area contributed by atoms with Gasteiger partial charge >= 0.3 is 0 Å². The van der Waals surface area contributed by atoms with Gasteiger partial charge in [-0.25, -0.2) is 9.97 Å². The normalized spacial score (nSPS) is 10.6. The number of aromatic nitrogens is 2. The molecular weight excluding hydrogens is 274 g/mol. The summed E-state index contributed by atoms with van der Waals surface area (Å²) < 4.78 is 0. The van der Waals surface area contributed by atoms with E-state index in [0.29, 0.717) is 0 Å². The fourth-order valence-corrected chi connectivity index (χ4v) is 3.11. The molecule has 0 radical (unpaired) electrons. The lowest BCUT2D eigenvalue weighted by Gasteiger charge is -2.04. The Balaban J connectivity index is 1.66. The van der Waals surface area contributed by atoms with E-state index >= 15 is 0 Å². The van der Waals surface area contributed by atoms with Gasteiger partial charge in [-0.15, -0.1) is 22.7 Å². The molecule has 0 amide bonds. The van der Waals surface area contributed by atoms with Crippen LogP contribution in [-0.2, 0) is 6.54 Å². The molecule has 3 rings (SSSR count). The van der Waals surface area contributed by atoms with E-state index in [9.17, 15) is 0 Å². The molecule has 3 aromatic rings. The van der Waals surface area contributed by atoms with Crippen molar-refractivity contribution in [2.24, 2.45) is 0 Å². The van der Waals surface area contributed by atoms with Crippen LogP contribution in [0.5, 0.6) is 0 Å². The van der Waals surface area contributed by atoms with Crippen LogP contribution >= 0.6 is 22.7 Å². The van der Waals surface area contributed by atoms with Gasteiger partial charge in [0.2, 0.25) is 0 Å². The first-order valence-electron chi connectivity index (χ1n) is 5.96. The lowest BCUT2D eigenvalue weighted by Crippen LogP contribution is -1.98. The van der Waals surface area contributed by atoms with Crippen molar-refractivity contribution in [3.8, 4) is 10.6 Å². The number of aryl methyl sites for hydroxylation is 1. The predicted molar refractivity (Wildman–Crippen MR) is 81.7 cm³/mol. The Morgan fingerprint density at radius 3 is 2.63 bits per heavy atom. The van der Waals surface area contributed by atoms with Crippen molar-refractivity contribution in [2.45, 2.75) is 13.5 Å². The summed E-state index contributed by atoms with van der Waals surface area (Å²) in [6.45, 7) is 2.79. The van der Waals surface area contributed by atoms with E-state index in [2.05, 4.69) is 44.9 Å². The first-order valence-corrected chi connectivity index (χ1v) is 7.72. The van der Waals surface area contributed by atoms with Gasteiger partial charge in [0.25, 0.3) is 0 Å². The van der Waals surface area contributed by atoms with Gasteiger partial charge in [-0.2, -0.15) is 0 Å². The Kier molecular flexibility index (Phi) is 3.57. The van der Waals surface area contributed by atoms with Gasteiger partial charge in [-0.05, 0) is 31.2 Å². The quantitative estimate of drug-likeness (QED) is 0.782. The third-order valence-corrected chi connectivity index (χ3v) is 4.46. The molecule has 0 unspecified atom stereocenters. The van der Waals surface area contributed by atoms with Crippen molar-refractivity contribution in [3.63, 3.8) is 0 Å². The summed E-state index contributed by atoms with van der Waals surface area (Å²) in [5, 5.41) is 9.61. The molecule has 1 N–H and O–H groups in total. The summed E-state index contributed by atoms with van der Waals surface area (Å²) in [6.07, 6.45) is 1.83. The maximum atomic E-state index is 4.43. The number of hydrogen-bond acceptors (Lipinski definition) is 5. The van der Waals surface area contributed by atoms with Crippen LogP contribution in [0.4, 0.5) is 5.69 Å². The molecule has 19 heavy (non-hydrogen) atoms. The zero-order chi connectivity index (χ0) is 13.1. The van der Waals surface area contributed by atoms with Crippen LogP contribution < -0.4 is 5.32 Å². The van der Waals surface area contributed by atoms with Crippen LogP contribution in [0.2, 0.25) is 0 Å². The third-order valence-electron chi connectivity index (χ3n) is 2.67. The van der Waals surface area contributed by atoms with Crippen LogP contribution in [-0.4, -0.2) is 9.97 Å². The maximum Gasteiger partial charge on any atom is 0.123 e. The van der Waals surface area contributed by atoms with Gasteiger partial charge in [0.15, 0.2) is 0 Å². The van der Waals surface area contributed by atoms with Crippen LogP contribution in [0.3, 0.4) is 0 Å². The highest BCUT2D eigenvalue weighted by Gasteiger charge is 2.01. The zero-order valence-electron chi connectivity index (χ0n) is 10.5. The fraction of sp³-hybridized carbons (Fsp3) is 0.143. The highest BCUT2D eigenvalue weighted by Crippen LogP contribution is 2.23. The van der Waals surface area contributed by atoms with Gasteiger partial charge < -0.3 is 5.32 Å². The second kappa shape index (κ2) is 5.50. The molecule has 0 saturated carbocycles. The molecule has 3 nitrogen and oxygen atoms in total. The van der Waals surface area contributed by atoms with Gasteiger partial charge in [-0.1, -0.05) is 0 Å². The molecular formula is C14H13N3S2. The van der Waals surface area contributed by atoms with Gasteiger partial charge in [0, 0.05) is 33.9 Å². The molecule has 1 aromatic carbocycles. The fourth-order valence-electron chi connectivity index (χ4n) is 1.76. The lowest BCUT2D eigenvalue weighted by molar-refractivity contribution is 1.08. The Hall–Kier alpha value is -1.72. The molecule has 2 heterocycles. The number of thiazole rings is 2. The van der Waals surface area contributed by atoms with E-state index < -0.39 is 0 Å². The molecule has 0 aliphatic rings. The topological polar surface area (TPSA) is 37.8 Å². The number of rotatable bonds is 4. The maximum absolute atomic E-state index is 4.43. The van der Waals surface area contributed by atoms with E-state index in [-0.39, 0.29) is 0 Å². The summed E-state index contributed by atoms with van der Waals surface area (Å²) in [6, 6.07) is 8.34. The van der Waals surface area contributed by atoms with Gasteiger partial charge in [0.05, 0.1) is 6.54 Å². The van der Waals surface area contributed by atoms with E-state index in [1.54, 1.807) is 22.7 Å². The molecule has 0 aliphatic heterocycles. The minimum atomic E-state index is 0.773. The molecule has 2 aromatic heterocycles. The van der Waals surface area contributed by atoms with Crippen molar-refractivity contribution < 1.29 is 0 Å². The number of nitrogens with one attached hydrogen (secondary N) is 1. The number of benzene rings is 1. The van der Waals surface area contributed by atoms with Crippen LogP contribution in [0.15, 0.2) is 41.2 Å². The van der Waals surface area contributed by atoms with E-state index in [1.165, 1.54) is 0 Å². The largest absolute Gasteiger partial charge is 0.379 e. The monoisotopic (exact) mass is 287 g/mol. The summed E-state index contributed by atoms with van der Waals surface area (Å²) in [5.74, 6) is 0. The smallest absolute Gasteiger partial charge is 0.123 e. The van der Waals surface area contributed by atoms with Crippen molar-refractivity contribution in [1.82, 2.24) is 9.97 Å². The number of hydrogen-bond donors (Lipinski definition) is 1. The minimum absolute atomic E-state index is 0.773. The Bertz CT molecular complexity index is 642. The summed E-state index contributed by atoms with van der Waals surface area (Å²) in [7, 11) is 0. The first-order chi connectivity index (χ1) is 9.31. The average Bonchev–Trinajstić information content (AvgIpc) is 3.08. The van der Waals surface area contributed by atoms with Crippen molar-refractivity contribution in [3.05, 3.63) is 51.9 Å². The third kappa shape index (κ3) is 3.00. The SMILES string of the molecule is Cc1csc(CNc2ccc(-c3nccs3)cc2)n1. The van der Waals surface area contributed by atoms with E-state index in [4.69, 9.17) is 0 Å². The number of anilines is 1. The molecule has 0 atom stereocenters. The molecule has 0 bridgehead atoms. The van der Waals surface area contributed by atoms with Crippen LogP contribution in [0.25, 0.3) is 10.6 Å². The first kappa shape index (κ1) is 12.3. The number of nitrogens with zero attached hydrogens (tertiary/aromatic N) is 2. The molecule has 0 spiro atoms. The second-order valence-electron chi connectivity index (χ2n) is 4.15. The van der Waals surface area contributed by atoms with Crippen molar-refractivity contribution in [1.29, 1.82) is 0 Å².